The van der Waals surface area contributed by atoms with Gasteiger partial charge in [-0.1, -0.05) is 0 Å². The summed E-state index contributed by atoms with van der Waals surface area (Å²) in [5.41, 5.74) is -1.14. The zero-order chi connectivity index (χ0) is 16.9. The van der Waals surface area contributed by atoms with Crippen LogP contribution in [-0.2, 0) is 14.3 Å². The predicted molar refractivity (Wildman–Crippen MR) is 66.5 cm³/mol. The van der Waals surface area contributed by atoms with Gasteiger partial charge in [0.1, 0.15) is 29.1 Å². The first-order chi connectivity index (χ1) is 10.3. The van der Waals surface area contributed by atoms with Crippen LogP contribution in [0.15, 0.2) is 12.1 Å². The molecule has 9 heteroatoms. The number of hydrogen-bond donors (Lipinski definition) is 2. The summed E-state index contributed by atoms with van der Waals surface area (Å²) in [5, 5.41) is 10.7. The van der Waals surface area contributed by atoms with Crippen molar-refractivity contribution in [1.82, 2.24) is 5.32 Å². The molecule has 0 aliphatic carbocycles. The molecule has 1 rings (SSSR count). The minimum absolute atomic E-state index is 0.000335. The summed E-state index contributed by atoms with van der Waals surface area (Å²) in [7, 11) is 0. The Kier molecular flexibility index (Phi) is 5.90. The van der Waals surface area contributed by atoms with Crippen LogP contribution in [0.3, 0.4) is 0 Å². The van der Waals surface area contributed by atoms with Crippen LogP contribution in [0.25, 0.3) is 0 Å². The first-order valence-corrected chi connectivity index (χ1v) is 6.10. The van der Waals surface area contributed by atoms with Crippen LogP contribution in [0.4, 0.5) is 13.2 Å². The molecule has 0 saturated heterocycles. The number of halogens is 3. The highest BCUT2D eigenvalue weighted by atomic mass is 19.1. The molecule has 1 aromatic carbocycles. The molecule has 22 heavy (non-hydrogen) atoms. The van der Waals surface area contributed by atoms with E-state index in [-0.39, 0.29) is 18.7 Å². The van der Waals surface area contributed by atoms with Crippen molar-refractivity contribution in [2.24, 2.45) is 0 Å². The monoisotopic (exact) mass is 319 g/mol. The number of rotatable bonds is 6. The topological polar surface area (TPSA) is 92.7 Å². The van der Waals surface area contributed by atoms with Crippen molar-refractivity contribution in [3.8, 4) is 0 Å². The highest BCUT2D eigenvalue weighted by molar-refractivity contribution is 5.97. The van der Waals surface area contributed by atoms with E-state index in [4.69, 9.17) is 5.11 Å². The molecule has 120 valence electrons. The summed E-state index contributed by atoms with van der Waals surface area (Å²) in [6, 6.07) is -1.19. The quantitative estimate of drug-likeness (QED) is 0.770. The lowest BCUT2D eigenvalue weighted by Gasteiger charge is -2.14. The van der Waals surface area contributed by atoms with Crippen LogP contribution in [0.1, 0.15) is 23.7 Å². The van der Waals surface area contributed by atoms with Gasteiger partial charge in [-0.2, -0.15) is 0 Å². The zero-order valence-electron chi connectivity index (χ0n) is 11.4. The molecule has 0 aliphatic heterocycles. The molecule has 1 atom stereocenters. The van der Waals surface area contributed by atoms with Gasteiger partial charge in [-0.3, -0.25) is 9.59 Å². The van der Waals surface area contributed by atoms with Crippen LogP contribution in [-0.4, -0.2) is 35.6 Å². The summed E-state index contributed by atoms with van der Waals surface area (Å²) >= 11 is 0. The second-order valence-electron chi connectivity index (χ2n) is 4.12. The second kappa shape index (κ2) is 7.43. The molecule has 1 amide bonds. The van der Waals surface area contributed by atoms with Crippen molar-refractivity contribution in [1.29, 1.82) is 0 Å². The van der Waals surface area contributed by atoms with Crippen LogP contribution in [0.5, 0.6) is 0 Å². The van der Waals surface area contributed by atoms with Gasteiger partial charge in [0.2, 0.25) is 0 Å². The molecular formula is C13H12F3NO5. The fourth-order valence-electron chi connectivity index (χ4n) is 1.58. The number of carboxylic acid groups (broad SMARTS) is 1. The number of esters is 1. The van der Waals surface area contributed by atoms with Gasteiger partial charge in [0.05, 0.1) is 13.0 Å². The molecule has 0 saturated carbocycles. The van der Waals surface area contributed by atoms with Crippen molar-refractivity contribution < 1.29 is 37.4 Å². The van der Waals surface area contributed by atoms with E-state index in [1.807, 2.05) is 0 Å². The Balaban J connectivity index is 2.93. The summed E-state index contributed by atoms with van der Waals surface area (Å²) < 4.78 is 44.1. The number of benzene rings is 1. The molecule has 2 N–H and O–H groups in total. The van der Waals surface area contributed by atoms with Gasteiger partial charge >= 0.3 is 11.9 Å². The minimum atomic E-state index is -1.74. The number of carbonyl (C=O) groups excluding carboxylic acids is 2. The Bertz CT molecular complexity index is 582. The second-order valence-corrected chi connectivity index (χ2v) is 4.12. The number of nitrogens with one attached hydrogen (secondary N) is 1. The first kappa shape index (κ1) is 17.5. The van der Waals surface area contributed by atoms with Gasteiger partial charge in [-0.25, -0.2) is 18.0 Å². The molecule has 1 aromatic rings. The van der Waals surface area contributed by atoms with Gasteiger partial charge in [0.25, 0.3) is 5.91 Å². The van der Waals surface area contributed by atoms with Crippen molar-refractivity contribution in [3.63, 3.8) is 0 Å². The van der Waals surface area contributed by atoms with Crippen molar-refractivity contribution in [3.05, 3.63) is 35.1 Å². The molecule has 0 heterocycles. The largest absolute Gasteiger partial charge is 0.480 e. The maximum Gasteiger partial charge on any atom is 0.326 e. The van der Waals surface area contributed by atoms with E-state index in [1.165, 1.54) is 6.92 Å². The van der Waals surface area contributed by atoms with E-state index in [2.05, 4.69) is 4.74 Å². The summed E-state index contributed by atoms with van der Waals surface area (Å²) in [4.78, 5) is 33.9. The number of ether oxygens (including phenoxy) is 1. The van der Waals surface area contributed by atoms with Crippen LogP contribution in [0, 0.1) is 17.5 Å². The van der Waals surface area contributed by atoms with E-state index >= 15 is 0 Å². The van der Waals surface area contributed by atoms with Gasteiger partial charge in [0.15, 0.2) is 0 Å². The third kappa shape index (κ3) is 4.47. The predicted octanol–water partition coefficient (Wildman–Crippen LogP) is 1.24. The average molecular weight is 319 g/mol. The number of hydrogen-bond acceptors (Lipinski definition) is 4. The molecule has 0 bridgehead atoms. The Hall–Kier alpha value is -2.58. The Morgan fingerprint density at radius 2 is 1.77 bits per heavy atom. The summed E-state index contributed by atoms with van der Waals surface area (Å²) in [5.74, 6) is -8.13. The molecule has 6 nitrogen and oxygen atoms in total. The fraction of sp³-hybridized carbons (Fsp3) is 0.308. The molecule has 0 aliphatic rings. The van der Waals surface area contributed by atoms with Gasteiger partial charge in [-0.05, 0) is 6.92 Å². The lowest BCUT2D eigenvalue weighted by atomic mass is 10.1. The van der Waals surface area contributed by atoms with E-state index < -0.39 is 53.3 Å². The highest BCUT2D eigenvalue weighted by Gasteiger charge is 2.27. The van der Waals surface area contributed by atoms with E-state index in [0.29, 0.717) is 0 Å². The lowest BCUT2D eigenvalue weighted by Crippen LogP contribution is -2.43. The van der Waals surface area contributed by atoms with Crippen molar-refractivity contribution >= 4 is 17.8 Å². The molecule has 0 unspecified atom stereocenters. The smallest absolute Gasteiger partial charge is 0.326 e. The average Bonchev–Trinajstić information content (AvgIpc) is 2.36. The normalized spacial score (nSPS) is 11.6. The number of amides is 1. The molecular weight excluding hydrogens is 307 g/mol. The van der Waals surface area contributed by atoms with Crippen LogP contribution >= 0.6 is 0 Å². The van der Waals surface area contributed by atoms with E-state index in [1.54, 1.807) is 5.32 Å². The SMILES string of the molecule is CCOC(=O)C[C@@H](NC(=O)c1c(F)cc(F)cc1F)C(=O)O. The molecule has 0 aromatic heterocycles. The third-order valence-electron chi connectivity index (χ3n) is 2.51. The van der Waals surface area contributed by atoms with Crippen LogP contribution < -0.4 is 5.32 Å². The molecule has 0 radical (unpaired) electrons. The van der Waals surface area contributed by atoms with Gasteiger partial charge in [-0.15, -0.1) is 0 Å². The molecule has 0 fully saturated rings. The standard InChI is InChI=1S/C13H12F3NO5/c1-2-22-10(18)5-9(13(20)21)17-12(19)11-7(15)3-6(14)4-8(11)16/h3-4,9H,2,5H2,1H3,(H,17,19)(H,20,21)/t9-/m1/s1. The minimum Gasteiger partial charge on any atom is -0.480 e. The number of carboxylic acids is 1. The maximum absolute atomic E-state index is 13.4. The van der Waals surface area contributed by atoms with Gasteiger partial charge in [0, 0.05) is 12.1 Å². The van der Waals surface area contributed by atoms with Crippen molar-refractivity contribution in [2.75, 3.05) is 6.61 Å². The zero-order valence-corrected chi connectivity index (χ0v) is 11.4. The third-order valence-corrected chi connectivity index (χ3v) is 2.51. The van der Waals surface area contributed by atoms with E-state index in [0.717, 1.165) is 0 Å². The number of carbonyl (C=O) groups is 3. The Labute approximate surface area is 122 Å². The summed E-state index contributed by atoms with van der Waals surface area (Å²) in [6.45, 7) is 1.50. The first-order valence-electron chi connectivity index (χ1n) is 6.10. The Morgan fingerprint density at radius 1 is 1.23 bits per heavy atom. The lowest BCUT2D eigenvalue weighted by molar-refractivity contribution is -0.149. The Morgan fingerprint density at radius 3 is 2.23 bits per heavy atom. The maximum atomic E-state index is 13.4. The van der Waals surface area contributed by atoms with Crippen molar-refractivity contribution in [2.45, 2.75) is 19.4 Å². The van der Waals surface area contributed by atoms with Crippen LogP contribution in [0.2, 0.25) is 0 Å². The molecule has 0 spiro atoms. The fourth-order valence-corrected chi connectivity index (χ4v) is 1.58. The van der Waals surface area contributed by atoms with Gasteiger partial charge < -0.3 is 15.2 Å². The summed E-state index contributed by atoms with van der Waals surface area (Å²) in [6.07, 6.45) is -0.723. The number of aliphatic carboxylic acids is 1. The van der Waals surface area contributed by atoms with E-state index in [9.17, 15) is 27.6 Å². The highest BCUT2D eigenvalue weighted by Crippen LogP contribution is 2.15.